The molecule has 118 valence electrons. The number of hydroxylamine groups is 1. The molecule has 0 fully saturated rings. The Kier molecular flexibility index (Phi) is 4.25. The first-order chi connectivity index (χ1) is 11.2. The van der Waals surface area contributed by atoms with Gasteiger partial charge in [0.25, 0.3) is 5.91 Å². The summed E-state index contributed by atoms with van der Waals surface area (Å²) in [4.78, 5) is 29.4. The first-order valence-corrected chi connectivity index (χ1v) is 7.25. The Hall–Kier alpha value is -2.86. The molecule has 0 unspecified atom stereocenters. The van der Waals surface area contributed by atoms with Crippen molar-refractivity contribution in [3.05, 3.63) is 70.6 Å². The second-order valence-electron chi connectivity index (χ2n) is 5.22. The van der Waals surface area contributed by atoms with Crippen molar-refractivity contribution in [2.45, 2.75) is 13.2 Å². The Morgan fingerprint density at radius 1 is 1.04 bits per heavy atom. The SMILES string of the molecule is Cn1c(=O)n(CC(=O)NOCc2ccccc2)c2ccccc21. The molecule has 0 saturated carbocycles. The van der Waals surface area contributed by atoms with E-state index in [1.807, 2.05) is 54.6 Å². The van der Waals surface area contributed by atoms with E-state index >= 15 is 0 Å². The number of aryl methyl sites for hydroxylation is 1. The molecule has 3 aromatic rings. The molecule has 0 bridgehead atoms. The Morgan fingerprint density at radius 2 is 1.70 bits per heavy atom. The van der Waals surface area contributed by atoms with Crippen LogP contribution in [-0.2, 0) is 29.8 Å². The van der Waals surface area contributed by atoms with Crippen molar-refractivity contribution in [1.29, 1.82) is 0 Å². The van der Waals surface area contributed by atoms with Crippen molar-refractivity contribution in [3.8, 4) is 0 Å². The van der Waals surface area contributed by atoms with Crippen molar-refractivity contribution < 1.29 is 9.63 Å². The summed E-state index contributed by atoms with van der Waals surface area (Å²) in [6, 6.07) is 16.9. The quantitative estimate of drug-likeness (QED) is 0.728. The average Bonchev–Trinajstić information content (AvgIpc) is 2.81. The van der Waals surface area contributed by atoms with Crippen molar-refractivity contribution in [2.75, 3.05) is 0 Å². The van der Waals surface area contributed by atoms with Crippen molar-refractivity contribution >= 4 is 16.9 Å². The molecule has 1 N–H and O–H groups in total. The number of benzene rings is 2. The van der Waals surface area contributed by atoms with E-state index in [4.69, 9.17) is 4.84 Å². The molecule has 6 nitrogen and oxygen atoms in total. The summed E-state index contributed by atoms with van der Waals surface area (Å²) in [6.07, 6.45) is 0. The van der Waals surface area contributed by atoms with Crippen LogP contribution in [0.1, 0.15) is 5.56 Å². The summed E-state index contributed by atoms with van der Waals surface area (Å²) >= 11 is 0. The highest BCUT2D eigenvalue weighted by Crippen LogP contribution is 2.11. The van der Waals surface area contributed by atoms with Gasteiger partial charge in [-0.1, -0.05) is 42.5 Å². The number of imidazole rings is 1. The smallest absolute Gasteiger partial charge is 0.295 e. The summed E-state index contributed by atoms with van der Waals surface area (Å²) in [6.45, 7) is 0.187. The van der Waals surface area contributed by atoms with E-state index in [0.717, 1.165) is 16.6 Å². The number of hydrogen-bond donors (Lipinski definition) is 1. The maximum Gasteiger partial charge on any atom is 0.329 e. The topological polar surface area (TPSA) is 65.3 Å². The Labute approximate surface area is 132 Å². The lowest BCUT2D eigenvalue weighted by molar-refractivity contribution is -0.135. The lowest BCUT2D eigenvalue weighted by Gasteiger charge is -2.06. The van der Waals surface area contributed by atoms with Gasteiger partial charge in [0, 0.05) is 7.05 Å². The standard InChI is InChI=1S/C17H17N3O3/c1-19-14-9-5-6-10-15(14)20(17(19)22)11-16(21)18-23-12-13-7-3-2-4-8-13/h2-10H,11-12H2,1H3,(H,18,21). The number of rotatable bonds is 5. The number of amides is 1. The van der Waals surface area contributed by atoms with Crippen molar-refractivity contribution in [3.63, 3.8) is 0 Å². The van der Waals surface area contributed by atoms with E-state index in [1.54, 1.807) is 7.05 Å². The molecule has 0 atom stereocenters. The third-order valence-corrected chi connectivity index (χ3v) is 3.62. The highest BCUT2D eigenvalue weighted by molar-refractivity contribution is 5.80. The van der Waals surface area contributed by atoms with E-state index in [9.17, 15) is 9.59 Å². The molecule has 1 heterocycles. The Bertz CT molecular complexity index is 881. The molecule has 0 aliphatic carbocycles. The molecular weight excluding hydrogens is 294 g/mol. The van der Waals surface area contributed by atoms with Gasteiger partial charge in [0.05, 0.1) is 17.6 Å². The molecule has 0 aliphatic heterocycles. The minimum Gasteiger partial charge on any atom is -0.295 e. The predicted molar refractivity (Wildman–Crippen MR) is 86.6 cm³/mol. The molecule has 0 spiro atoms. The highest BCUT2D eigenvalue weighted by atomic mass is 16.6. The van der Waals surface area contributed by atoms with Crippen LogP contribution in [0.15, 0.2) is 59.4 Å². The summed E-state index contributed by atoms with van der Waals surface area (Å²) in [5.74, 6) is -0.376. The summed E-state index contributed by atoms with van der Waals surface area (Å²) in [5.41, 5.74) is 4.60. The third-order valence-electron chi connectivity index (χ3n) is 3.62. The van der Waals surface area contributed by atoms with Crippen molar-refractivity contribution in [1.82, 2.24) is 14.6 Å². The zero-order valence-corrected chi connectivity index (χ0v) is 12.7. The van der Waals surface area contributed by atoms with Gasteiger partial charge in [-0.15, -0.1) is 0 Å². The van der Waals surface area contributed by atoms with E-state index < -0.39 is 0 Å². The largest absolute Gasteiger partial charge is 0.329 e. The summed E-state index contributed by atoms with van der Waals surface area (Å²) < 4.78 is 2.95. The fourth-order valence-corrected chi connectivity index (χ4v) is 2.47. The molecular formula is C17H17N3O3. The van der Waals surface area contributed by atoms with Gasteiger partial charge in [-0.05, 0) is 17.7 Å². The molecule has 0 saturated heterocycles. The van der Waals surface area contributed by atoms with Crippen LogP contribution in [0.4, 0.5) is 0 Å². The monoisotopic (exact) mass is 311 g/mol. The zero-order chi connectivity index (χ0) is 16.2. The normalized spacial score (nSPS) is 10.8. The molecule has 1 aromatic heterocycles. The van der Waals surface area contributed by atoms with Gasteiger partial charge in [0.15, 0.2) is 0 Å². The third kappa shape index (κ3) is 3.17. The number of fused-ring (bicyclic) bond motifs is 1. The molecule has 0 aliphatic rings. The highest BCUT2D eigenvalue weighted by Gasteiger charge is 2.13. The maximum atomic E-state index is 12.2. The number of aromatic nitrogens is 2. The van der Waals surface area contributed by atoms with Crippen LogP contribution in [0.25, 0.3) is 11.0 Å². The number of para-hydroxylation sites is 2. The first kappa shape index (κ1) is 15.1. The van der Waals surface area contributed by atoms with Gasteiger partial charge >= 0.3 is 5.69 Å². The van der Waals surface area contributed by atoms with E-state index in [-0.39, 0.29) is 24.7 Å². The molecule has 3 rings (SSSR count). The van der Waals surface area contributed by atoms with E-state index in [0.29, 0.717) is 0 Å². The fourth-order valence-electron chi connectivity index (χ4n) is 2.47. The number of hydrogen-bond acceptors (Lipinski definition) is 3. The summed E-state index contributed by atoms with van der Waals surface area (Å²) in [7, 11) is 1.69. The van der Waals surface area contributed by atoms with Crippen LogP contribution >= 0.6 is 0 Å². The van der Waals surface area contributed by atoms with E-state index in [2.05, 4.69) is 5.48 Å². The van der Waals surface area contributed by atoms with Crippen LogP contribution in [0.2, 0.25) is 0 Å². The number of nitrogens with one attached hydrogen (secondary N) is 1. The average molecular weight is 311 g/mol. The van der Waals surface area contributed by atoms with Gasteiger partial charge < -0.3 is 0 Å². The van der Waals surface area contributed by atoms with Crippen LogP contribution in [0.5, 0.6) is 0 Å². The zero-order valence-electron chi connectivity index (χ0n) is 12.7. The minimum absolute atomic E-state index is 0.0883. The van der Waals surface area contributed by atoms with Gasteiger partial charge in [0.2, 0.25) is 0 Å². The van der Waals surface area contributed by atoms with Crippen LogP contribution < -0.4 is 11.2 Å². The second kappa shape index (κ2) is 6.50. The van der Waals surface area contributed by atoms with Gasteiger partial charge in [-0.3, -0.25) is 18.8 Å². The molecule has 0 radical (unpaired) electrons. The van der Waals surface area contributed by atoms with Crippen LogP contribution in [-0.4, -0.2) is 15.0 Å². The lowest BCUT2D eigenvalue weighted by atomic mass is 10.2. The first-order valence-electron chi connectivity index (χ1n) is 7.25. The number of carbonyl (C=O) groups is 1. The number of nitrogens with zero attached hydrogens (tertiary/aromatic N) is 2. The van der Waals surface area contributed by atoms with Crippen LogP contribution in [0.3, 0.4) is 0 Å². The fraction of sp³-hybridized carbons (Fsp3) is 0.176. The molecule has 6 heteroatoms. The summed E-state index contributed by atoms with van der Waals surface area (Å²) in [5, 5.41) is 0. The number of carbonyl (C=O) groups excluding carboxylic acids is 1. The van der Waals surface area contributed by atoms with Gasteiger partial charge in [-0.25, -0.2) is 10.3 Å². The van der Waals surface area contributed by atoms with Gasteiger partial charge in [-0.2, -0.15) is 0 Å². The Balaban J connectivity index is 1.67. The predicted octanol–water partition coefficient (Wildman–Crippen LogP) is 1.59. The Morgan fingerprint density at radius 3 is 2.43 bits per heavy atom. The second-order valence-corrected chi connectivity index (χ2v) is 5.22. The molecule has 1 amide bonds. The minimum atomic E-state index is -0.376. The lowest BCUT2D eigenvalue weighted by Crippen LogP contribution is -2.32. The van der Waals surface area contributed by atoms with Crippen molar-refractivity contribution in [2.24, 2.45) is 7.05 Å². The van der Waals surface area contributed by atoms with Gasteiger partial charge in [0.1, 0.15) is 6.54 Å². The molecule has 23 heavy (non-hydrogen) atoms. The maximum absolute atomic E-state index is 12.2. The molecule has 2 aromatic carbocycles. The van der Waals surface area contributed by atoms with Crippen LogP contribution in [0, 0.1) is 0 Å². The van der Waals surface area contributed by atoms with E-state index in [1.165, 1.54) is 9.13 Å².